The predicted octanol–water partition coefficient (Wildman–Crippen LogP) is 2.73. The maximum Gasteiger partial charge on any atom is 0.133 e. The summed E-state index contributed by atoms with van der Waals surface area (Å²) >= 11 is 0. The van der Waals surface area contributed by atoms with Crippen LogP contribution in [0.15, 0.2) is 12.1 Å². The monoisotopic (exact) mass is 285 g/mol. The van der Waals surface area contributed by atoms with Gasteiger partial charge >= 0.3 is 0 Å². The van der Waals surface area contributed by atoms with Crippen LogP contribution in [0.4, 0.5) is 8.78 Å². The first-order valence-electron chi connectivity index (χ1n) is 7.02. The molecule has 0 bridgehead atoms. The minimum Gasteiger partial charge on any atom is -0.376 e. The summed E-state index contributed by atoms with van der Waals surface area (Å²) in [7, 11) is 0. The summed E-state index contributed by atoms with van der Waals surface area (Å²) in [4.78, 5) is 0. The van der Waals surface area contributed by atoms with Crippen LogP contribution in [0.5, 0.6) is 0 Å². The molecular weight excluding hydrogens is 264 g/mol. The summed E-state index contributed by atoms with van der Waals surface area (Å²) in [5.41, 5.74) is 0.482. The molecule has 3 nitrogen and oxygen atoms in total. The lowest BCUT2D eigenvalue weighted by molar-refractivity contribution is -0.103. The van der Waals surface area contributed by atoms with Gasteiger partial charge in [-0.3, -0.25) is 0 Å². The molecule has 1 aliphatic heterocycles. The van der Waals surface area contributed by atoms with Crippen LogP contribution in [0.3, 0.4) is 0 Å². The highest BCUT2D eigenvalue weighted by Gasteiger charge is 2.31. The zero-order chi connectivity index (χ0) is 14.5. The molecule has 5 heteroatoms. The van der Waals surface area contributed by atoms with Gasteiger partial charge < -0.3 is 14.8 Å². The quantitative estimate of drug-likeness (QED) is 0.902. The highest BCUT2D eigenvalue weighted by Crippen LogP contribution is 2.28. The van der Waals surface area contributed by atoms with Crippen molar-refractivity contribution in [2.45, 2.75) is 32.4 Å². The van der Waals surface area contributed by atoms with E-state index in [0.29, 0.717) is 31.9 Å². The van der Waals surface area contributed by atoms with Gasteiger partial charge in [0.1, 0.15) is 17.7 Å². The fourth-order valence-corrected chi connectivity index (χ4v) is 2.38. The average molecular weight is 285 g/mol. The number of nitrogens with one attached hydrogen (secondary N) is 1. The molecule has 2 unspecified atom stereocenters. The number of rotatable bonds is 5. The summed E-state index contributed by atoms with van der Waals surface area (Å²) in [6.45, 7) is 5.62. The van der Waals surface area contributed by atoms with E-state index >= 15 is 0 Å². The summed E-state index contributed by atoms with van der Waals surface area (Å²) in [5, 5.41) is 3.18. The van der Waals surface area contributed by atoms with Crippen LogP contribution in [0.25, 0.3) is 0 Å². The summed E-state index contributed by atoms with van der Waals surface area (Å²) in [6.07, 6.45) is 0.500. The predicted molar refractivity (Wildman–Crippen MR) is 72.7 cm³/mol. The Morgan fingerprint density at radius 1 is 1.35 bits per heavy atom. The maximum atomic E-state index is 14.3. The molecule has 0 aliphatic carbocycles. The third-order valence-electron chi connectivity index (χ3n) is 3.46. The number of halogens is 2. The molecule has 1 N–H and O–H groups in total. The van der Waals surface area contributed by atoms with Crippen molar-refractivity contribution in [3.63, 3.8) is 0 Å². The largest absolute Gasteiger partial charge is 0.376 e. The number of benzene rings is 1. The van der Waals surface area contributed by atoms with Crippen molar-refractivity contribution in [1.82, 2.24) is 5.32 Å². The van der Waals surface area contributed by atoms with Crippen LogP contribution in [-0.4, -0.2) is 32.5 Å². The minimum atomic E-state index is -0.545. The molecule has 1 aliphatic rings. The van der Waals surface area contributed by atoms with Crippen molar-refractivity contribution in [3.8, 4) is 0 Å². The van der Waals surface area contributed by atoms with Crippen molar-refractivity contribution in [1.29, 1.82) is 0 Å². The normalized spacial score (nSPS) is 20.9. The maximum absolute atomic E-state index is 14.3. The Hall–Kier alpha value is -1.04. The van der Waals surface area contributed by atoms with Gasteiger partial charge in [-0.1, -0.05) is 13.0 Å². The Balaban J connectivity index is 2.32. The van der Waals surface area contributed by atoms with E-state index in [4.69, 9.17) is 9.47 Å². The lowest BCUT2D eigenvalue weighted by Gasteiger charge is -2.32. The Bertz CT molecular complexity index is 448. The molecule has 0 saturated carbocycles. The molecule has 1 aromatic carbocycles. The van der Waals surface area contributed by atoms with E-state index in [2.05, 4.69) is 5.32 Å². The van der Waals surface area contributed by atoms with Gasteiger partial charge in [0.2, 0.25) is 0 Å². The van der Waals surface area contributed by atoms with Gasteiger partial charge in [-0.15, -0.1) is 0 Å². The fraction of sp³-hybridized carbons (Fsp3) is 0.600. The van der Waals surface area contributed by atoms with Gasteiger partial charge in [0, 0.05) is 5.56 Å². The number of hydrogen-bond donors (Lipinski definition) is 1. The van der Waals surface area contributed by atoms with Gasteiger partial charge in [-0.05, 0) is 31.5 Å². The van der Waals surface area contributed by atoms with Gasteiger partial charge in [-0.25, -0.2) is 8.78 Å². The molecule has 1 heterocycles. The first kappa shape index (κ1) is 15.4. The zero-order valence-corrected chi connectivity index (χ0v) is 11.9. The Morgan fingerprint density at radius 3 is 2.80 bits per heavy atom. The lowest BCUT2D eigenvalue weighted by atomic mass is 9.97. The molecular formula is C15H21F2NO2. The first-order chi connectivity index (χ1) is 9.65. The third-order valence-corrected chi connectivity index (χ3v) is 3.46. The molecule has 20 heavy (non-hydrogen) atoms. The molecule has 1 fully saturated rings. The van der Waals surface area contributed by atoms with Gasteiger partial charge in [-0.2, -0.15) is 0 Å². The second-order valence-corrected chi connectivity index (χ2v) is 5.01. The number of aryl methyl sites for hydroxylation is 1. The Kier molecular flexibility index (Phi) is 5.46. The van der Waals surface area contributed by atoms with E-state index in [-0.39, 0.29) is 11.7 Å². The highest BCUT2D eigenvalue weighted by molar-refractivity contribution is 5.30. The standard InChI is InChI=1S/C15H21F2NO2/c1-3-6-18-15(12-9-19-7-8-20-12)13-11(16)5-4-10(2)14(13)17/h4-5,12,15,18H,3,6-9H2,1-2H3. The zero-order valence-electron chi connectivity index (χ0n) is 11.9. The van der Waals surface area contributed by atoms with Crippen molar-refractivity contribution >= 4 is 0 Å². The van der Waals surface area contributed by atoms with Crippen molar-refractivity contribution in [3.05, 3.63) is 34.9 Å². The third kappa shape index (κ3) is 3.34. The topological polar surface area (TPSA) is 30.5 Å². The number of ether oxygens (including phenoxy) is 2. The second-order valence-electron chi connectivity index (χ2n) is 5.01. The van der Waals surface area contributed by atoms with Crippen LogP contribution in [0.1, 0.15) is 30.5 Å². The summed E-state index contributed by atoms with van der Waals surface area (Å²) in [6, 6.07) is 2.22. The van der Waals surface area contributed by atoms with E-state index in [9.17, 15) is 8.78 Å². The first-order valence-corrected chi connectivity index (χ1v) is 7.02. The Morgan fingerprint density at radius 2 is 2.15 bits per heavy atom. The minimum absolute atomic E-state index is 0.0500. The average Bonchev–Trinajstić information content (AvgIpc) is 2.47. The van der Waals surface area contributed by atoms with E-state index in [1.807, 2.05) is 6.92 Å². The van der Waals surface area contributed by atoms with Gasteiger partial charge in [0.05, 0.1) is 25.9 Å². The second kappa shape index (κ2) is 7.11. The lowest BCUT2D eigenvalue weighted by Crippen LogP contribution is -2.41. The van der Waals surface area contributed by atoms with Crippen LogP contribution in [-0.2, 0) is 9.47 Å². The highest BCUT2D eigenvalue weighted by atomic mass is 19.1. The van der Waals surface area contributed by atoms with Gasteiger partial charge in [0.15, 0.2) is 0 Å². The van der Waals surface area contributed by atoms with E-state index < -0.39 is 17.7 Å². The van der Waals surface area contributed by atoms with Crippen LogP contribution < -0.4 is 5.32 Å². The van der Waals surface area contributed by atoms with E-state index in [1.54, 1.807) is 6.92 Å². The molecule has 2 atom stereocenters. The summed E-state index contributed by atoms with van der Waals surface area (Å²) in [5.74, 6) is -1.05. The number of hydrogen-bond acceptors (Lipinski definition) is 3. The molecule has 0 spiro atoms. The smallest absolute Gasteiger partial charge is 0.133 e. The molecule has 112 valence electrons. The molecule has 0 radical (unpaired) electrons. The fourth-order valence-electron chi connectivity index (χ4n) is 2.38. The van der Waals surface area contributed by atoms with Gasteiger partial charge in [0.25, 0.3) is 0 Å². The molecule has 2 rings (SSSR count). The SMILES string of the molecule is CCCNC(c1c(F)ccc(C)c1F)C1COCCO1. The van der Waals surface area contributed by atoms with Crippen LogP contribution in [0.2, 0.25) is 0 Å². The summed E-state index contributed by atoms with van der Waals surface area (Å²) < 4.78 is 39.4. The molecule has 1 aromatic rings. The van der Waals surface area contributed by atoms with E-state index in [1.165, 1.54) is 12.1 Å². The van der Waals surface area contributed by atoms with Crippen molar-refractivity contribution in [2.24, 2.45) is 0 Å². The van der Waals surface area contributed by atoms with Crippen LogP contribution >= 0.6 is 0 Å². The van der Waals surface area contributed by atoms with Crippen LogP contribution in [0, 0.1) is 18.6 Å². The molecule has 0 amide bonds. The van der Waals surface area contributed by atoms with Crippen molar-refractivity contribution < 1.29 is 18.3 Å². The molecule has 1 saturated heterocycles. The van der Waals surface area contributed by atoms with Crippen molar-refractivity contribution in [2.75, 3.05) is 26.4 Å². The Labute approximate surface area is 118 Å². The molecule has 0 aromatic heterocycles. The van der Waals surface area contributed by atoms with E-state index in [0.717, 1.165) is 6.42 Å².